The molecule has 3 aliphatic rings. The van der Waals surface area contributed by atoms with E-state index >= 15 is 0 Å². The summed E-state index contributed by atoms with van der Waals surface area (Å²) in [6.45, 7) is 20.9. The standard InChI is InChI=1S/C27H27N5.C26H25N5.2C2H6/c1-16-17(2)28-26-24(16)27(30-18(3)29-26)32-14-13-21-20-11-7-8-12-22(20)31-25(21)23(32)15-19-9-5-4-6-10-19;1-16-24-22(15-27-16)28-17(2)29-26(24)31-13-12-20-19-10-6-7-11-21(19)30-25(20)23(31)14-18-8-4-3-5-9-18;2*1-2/h4-12,23,31H,13-15H2,1-3H3,(H,28,29,30);3-11,23,30H,12-15H2,1-2H3;2*1-2H3. The molecule has 0 radical (unpaired) electrons. The van der Waals surface area contributed by atoms with Crippen molar-refractivity contribution in [2.24, 2.45) is 4.99 Å². The summed E-state index contributed by atoms with van der Waals surface area (Å²) >= 11 is 0. The average molecular weight is 889 g/mol. The SMILES string of the molecule is CC.CC.CC1=NCc2nc(C)nc(N3CCc4c([nH]c5ccccc45)C3Cc3ccccc3)c21.Cc1nc(N2CCc3c([nH]c4ccccc34)C2Cc2ccccc2)c2c(C)c(C)[nH]c2n1. The molecule has 0 aliphatic carbocycles. The molecule has 67 heavy (non-hydrogen) atoms. The Hall–Kier alpha value is -7.07. The predicted octanol–water partition coefficient (Wildman–Crippen LogP) is 12.7. The van der Waals surface area contributed by atoms with Gasteiger partial charge in [0.05, 0.1) is 35.3 Å². The fourth-order valence-corrected chi connectivity index (χ4v) is 10.5. The van der Waals surface area contributed by atoms with Crippen LogP contribution in [0.25, 0.3) is 32.8 Å². The van der Waals surface area contributed by atoms with E-state index in [0.717, 1.165) is 95.8 Å². The van der Waals surface area contributed by atoms with Crippen molar-refractivity contribution >= 4 is 50.2 Å². The number of nitrogens with zero attached hydrogens (tertiary/aromatic N) is 7. The number of aromatic nitrogens is 7. The Labute approximate surface area is 395 Å². The Morgan fingerprint density at radius 1 is 0.537 bits per heavy atom. The van der Waals surface area contributed by atoms with Crippen LogP contribution in [0.2, 0.25) is 0 Å². The molecule has 0 spiro atoms. The molecule has 8 heterocycles. The zero-order chi connectivity index (χ0) is 46.8. The third kappa shape index (κ3) is 8.50. The summed E-state index contributed by atoms with van der Waals surface area (Å²) in [4.78, 5) is 40.0. The average Bonchev–Trinajstić information content (AvgIpc) is 4.12. The first-order valence-corrected chi connectivity index (χ1v) is 24.3. The van der Waals surface area contributed by atoms with Gasteiger partial charge in [0.2, 0.25) is 0 Å². The largest absolute Gasteiger partial charge is 0.356 e. The second-order valence-electron chi connectivity index (χ2n) is 17.4. The molecule has 10 heteroatoms. The van der Waals surface area contributed by atoms with Crippen molar-refractivity contribution in [1.29, 1.82) is 0 Å². The molecule has 0 amide bonds. The molecular weight excluding hydrogens is 825 g/mol. The van der Waals surface area contributed by atoms with Crippen LogP contribution in [-0.4, -0.2) is 53.7 Å². The van der Waals surface area contributed by atoms with Gasteiger partial charge in [0.15, 0.2) is 0 Å². The normalized spacial score (nSPS) is 16.0. The summed E-state index contributed by atoms with van der Waals surface area (Å²) in [5.74, 6) is 3.69. The number of aryl methyl sites for hydroxylation is 4. The van der Waals surface area contributed by atoms with Gasteiger partial charge < -0.3 is 24.8 Å². The van der Waals surface area contributed by atoms with E-state index < -0.39 is 0 Å². The number of aromatic amines is 3. The molecule has 3 aliphatic heterocycles. The highest BCUT2D eigenvalue weighted by Gasteiger charge is 2.36. The maximum absolute atomic E-state index is 5.00. The van der Waals surface area contributed by atoms with Crippen molar-refractivity contribution in [3.8, 4) is 0 Å². The van der Waals surface area contributed by atoms with E-state index in [0.29, 0.717) is 6.54 Å². The van der Waals surface area contributed by atoms with E-state index in [9.17, 15) is 0 Å². The topological polar surface area (TPSA) is 118 Å². The fraction of sp³-hybridized carbons (Fsp3) is 0.316. The van der Waals surface area contributed by atoms with Gasteiger partial charge in [0.1, 0.15) is 28.9 Å². The Kier molecular flexibility index (Phi) is 13.1. The minimum Gasteiger partial charge on any atom is -0.356 e. The molecule has 3 N–H and O–H groups in total. The Bertz CT molecular complexity index is 3190. The first-order valence-electron chi connectivity index (χ1n) is 24.3. The van der Waals surface area contributed by atoms with Gasteiger partial charge in [-0.05, 0) is 100 Å². The van der Waals surface area contributed by atoms with Crippen molar-refractivity contribution in [3.63, 3.8) is 0 Å². The van der Waals surface area contributed by atoms with Crippen molar-refractivity contribution in [1.82, 2.24) is 34.9 Å². The molecule has 9 aromatic rings. The van der Waals surface area contributed by atoms with E-state index in [1.165, 1.54) is 61.0 Å². The van der Waals surface area contributed by atoms with Gasteiger partial charge in [-0.3, -0.25) is 4.99 Å². The lowest BCUT2D eigenvalue weighted by Crippen LogP contribution is -2.38. The number of benzene rings is 4. The number of hydrogen-bond donors (Lipinski definition) is 3. The zero-order valence-electron chi connectivity index (χ0n) is 40.6. The van der Waals surface area contributed by atoms with Gasteiger partial charge in [-0.2, -0.15) is 0 Å². The Balaban J connectivity index is 0.000000157. The molecule has 342 valence electrons. The van der Waals surface area contributed by atoms with E-state index in [2.05, 4.69) is 165 Å². The Morgan fingerprint density at radius 2 is 1.01 bits per heavy atom. The molecule has 4 aromatic carbocycles. The van der Waals surface area contributed by atoms with Crippen LogP contribution in [0, 0.1) is 27.7 Å². The lowest BCUT2D eigenvalue weighted by molar-refractivity contribution is 0.563. The van der Waals surface area contributed by atoms with E-state index in [-0.39, 0.29) is 12.1 Å². The van der Waals surface area contributed by atoms with Gasteiger partial charge in [0.25, 0.3) is 0 Å². The van der Waals surface area contributed by atoms with Crippen molar-refractivity contribution in [2.75, 3.05) is 22.9 Å². The molecule has 2 atom stereocenters. The number of hydrogen-bond acceptors (Lipinski definition) is 7. The summed E-state index contributed by atoms with van der Waals surface area (Å²) in [7, 11) is 0. The van der Waals surface area contributed by atoms with Crippen LogP contribution in [0.5, 0.6) is 0 Å². The van der Waals surface area contributed by atoms with Crippen molar-refractivity contribution < 1.29 is 0 Å². The molecule has 12 rings (SSSR count). The second kappa shape index (κ2) is 19.4. The minimum atomic E-state index is 0.181. The number of aliphatic imine (C=N–C) groups is 1. The van der Waals surface area contributed by atoms with Gasteiger partial charge in [0, 0.05) is 57.7 Å². The molecule has 2 unspecified atom stereocenters. The van der Waals surface area contributed by atoms with Crippen LogP contribution in [0.4, 0.5) is 11.6 Å². The molecule has 10 nitrogen and oxygen atoms in total. The van der Waals surface area contributed by atoms with Crippen LogP contribution < -0.4 is 9.80 Å². The van der Waals surface area contributed by atoms with Crippen LogP contribution in [-0.2, 0) is 32.2 Å². The summed E-state index contributed by atoms with van der Waals surface area (Å²) < 4.78 is 0. The van der Waals surface area contributed by atoms with Gasteiger partial charge >= 0.3 is 0 Å². The monoisotopic (exact) mass is 889 g/mol. The third-order valence-electron chi connectivity index (χ3n) is 13.6. The molecular formula is C57H64N10. The zero-order valence-corrected chi connectivity index (χ0v) is 40.6. The van der Waals surface area contributed by atoms with Crippen LogP contribution in [0.1, 0.15) is 115 Å². The third-order valence-corrected chi connectivity index (χ3v) is 13.6. The van der Waals surface area contributed by atoms with Crippen LogP contribution in [0.3, 0.4) is 0 Å². The summed E-state index contributed by atoms with van der Waals surface area (Å²) in [6, 6.07) is 39.3. The highest BCUT2D eigenvalue weighted by molar-refractivity contribution is 6.05. The van der Waals surface area contributed by atoms with Gasteiger partial charge in [-0.15, -0.1) is 0 Å². The molecule has 0 saturated heterocycles. The van der Waals surface area contributed by atoms with Crippen LogP contribution >= 0.6 is 0 Å². The first-order chi connectivity index (χ1) is 32.8. The van der Waals surface area contributed by atoms with E-state index in [1.54, 1.807) is 0 Å². The number of nitrogens with one attached hydrogen (secondary N) is 3. The predicted molar refractivity (Wildman–Crippen MR) is 278 cm³/mol. The van der Waals surface area contributed by atoms with Gasteiger partial charge in [-0.25, -0.2) is 19.9 Å². The summed E-state index contributed by atoms with van der Waals surface area (Å²) in [5.41, 5.74) is 17.2. The lowest BCUT2D eigenvalue weighted by atomic mass is 9.92. The molecule has 5 aromatic heterocycles. The second-order valence-corrected chi connectivity index (χ2v) is 17.4. The highest BCUT2D eigenvalue weighted by Crippen LogP contribution is 2.43. The van der Waals surface area contributed by atoms with Gasteiger partial charge in [-0.1, -0.05) is 125 Å². The van der Waals surface area contributed by atoms with E-state index in [4.69, 9.17) is 15.0 Å². The summed E-state index contributed by atoms with van der Waals surface area (Å²) in [5, 5.41) is 3.83. The van der Waals surface area contributed by atoms with Crippen LogP contribution in [0.15, 0.2) is 114 Å². The first kappa shape index (κ1) is 45.1. The minimum absolute atomic E-state index is 0.181. The maximum atomic E-state index is 5.00. The molecule has 0 saturated carbocycles. The molecule has 0 bridgehead atoms. The number of anilines is 2. The number of para-hydroxylation sites is 2. The van der Waals surface area contributed by atoms with E-state index in [1.807, 2.05) is 41.5 Å². The highest BCUT2D eigenvalue weighted by atomic mass is 15.3. The number of rotatable bonds is 6. The lowest BCUT2D eigenvalue weighted by Gasteiger charge is -2.38. The molecule has 0 fully saturated rings. The Morgan fingerprint density at radius 3 is 1.57 bits per heavy atom. The maximum Gasteiger partial charge on any atom is 0.143 e. The fourth-order valence-electron chi connectivity index (χ4n) is 10.5. The van der Waals surface area contributed by atoms with Crippen molar-refractivity contribution in [3.05, 3.63) is 177 Å². The number of fused-ring (bicyclic) bond motifs is 8. The summed E-state index contributed by atoms with van der Waals surface area (Å²) in [6.07, 6.45) is 3.85. The quantitative estimate of drug-likeness (QED) is 0.153. The smallest absolute Gasteiger partial charge is 0.143 e. The number of H-pyrrole nitrogens is 3. The van der Waals surface area contributed by atoms with Crippen molar-refractivity contribution in [2.45, 2.75) is 107 Å².